The Bertz CT molecular complexity index is 531. The molecule has 0 unspecified atom stereocenters. The van der Waals surface area contributed by atoms with Gasteiger partial charge < -0.3 is 0 Å². The predicted molar refractivity (Wildman–Crippen MR) is 71.0 cm³/mol. The van der Waals surface area contributed by atoms with Crippen LogP contribution in [0.3, 0.4) is 0 Å². The number of rotatable bonds is 3. The van der Waals surface area contributed by atoms with E-state index in [1.165, 1.54) is 6.07 Å². The van der Waals surface area contributed by atoms with E-state index in [1.807, 2.05) is 27.7 Å². The van der Waals surface area contributed by atoms with Crippen LogP contribution in [0, 0.1) is 21.4 Å². The molecule has 4 nitrogen and oxygen atoms in total. The number of nitro benzene ring substituents is 1. The third-order valence-electron chi connectivity index (χ3n) is 2.80. The van der Waals surface area contributed by atoms with Crippen molar-refractivity contribution in [2.75, 3.05) is 0 Å². The molecule has 0 amide bonds. The van der Waals surface area contributed by atoms with Gasteiger partial charge in [0, 0.05) is 6.07 Å². The summed E-state index contributed by atoms with van der Waals surface area (Å²) in [6.07, 6.45) is 0. The summed E-state index contributed by atoms with van der Waals surface area (Å²) in [5.41, 5.74) is 1.43. The average Bonchev–Trinajstić information content (AvgIpc) is 2.25. The summed E-state index contributed by atoms with van der Waals surface area (Å²) in [5.74, 6) is -0.0553. The number of benzene rings is 1. The van der Waals surface area contributed by atoms with Crippen molar-refractivity contribution < 1.29 is 4.92 Å². The number of nitriles is 1. The van der Waals surface area contributed by atoms with E-state index >= 15 is 0 Å². The van der Waals surface area contributed by atoms with E-state index < -0.39 is 4.92 Å². The van der Waals surface area contributed by atoms with Gasteiger partial charge in [0.1, 0.15) is 6.07 Å². The Morgan fingerprint density at radius 1 is 1.28 bits per heavy atom. The standard InChI is InChI=1S/C13H15ClN2O2/c1-7(2)12-9(6-15)13(8(3)4)11(16(17)18)5-10(12)14/h5,7-8H,1-4H3. The highest BCUT2D eigenvalue weighted by Gasteiger charge is 2.26. The molecule has 0 aliphatic rings. The van der Waals surface area contributed by atoms with Crippen LogP contribution >= 0.6 is 11.6 Å². The molecule has 18 heavy (non-hydrogen) atoms. The Morgan fingerprint density at radius 2 is 1.78 bits per heavy atom. The number of hydrogen-bond acceptors (Lipinski definition) is 3. The van der Waals surface area contributed by atoms with Crippen LogP contribution in [0.4, 0.5) is 5.69 Å². The van der Waals surface area contributed by atoms with Crippen LogP contribution in [0.1, 0.15) is 56.2 Å². The second-order valence-corrected chi connectivity index (χ2v) is 5.17. The van der Waals surface area contributed by atoms with Crippen LogP contribution < -0.4 is 0 Å². The number of nitrogens with zero attached hydrogens (tertiary/aromatic N) is 2. The third kappa shape index (κ3) is 2.46. The van der Waals surface area contributed by atoms with Gasteiger partial charge >= 0.3 is 0 Å². The summed E-state index contributed by atoms with van der Waals surface area (Å²) in [6.45, 7) is 7.50. The Balaban J connectivity index is 3.79. The van der Waals surface area contributed by atoms with Gasteiger partial charge in [-0.15, -0.1) is 0 Å². The monoisotopic (exact) mass is 266 g/mol. The molecular formula is C13H15ClN2O2. The van der Waals surface area contributed by atoms with Gasteiger partial charge in [-0.3, -0.25) is 10.1 Å². The summed E-state index contributed by atoms with van der Waals surface area (Å²) in [6, 6.07) is 3.43. The summed E-state index contributed by atoms with van der Waals surface area (Å²) in [7, 11) is 0. The molecular weight excluding hydrogens is 252 g/mol. The zero-order valence-electron chi connectivity index (χ0n) is 10.8. The summed E-state index contributed by atoms with van der Waals surface area (Å²) < 4.78 is 0. The zero-order chi connectivity index (χ0) is 14.0. The summed E-state index contributed by atoms with van der Waals surface area (Å²) >= 11 is 6.07. The fourth-order valence-corrected chi connectivity index (χ4v) is 2.50. The topological polar surface area (TPSA) is 66.9 Å². The first-order valence-electron chi connectivity index (χ1n) is 5.72. The Hall–Kier alpha value is -1.60. The van der Waals surface area contributed by atoms with Gasteiger partial charge in [0.2, 0.25) is 0 Å². The first-order chi connectivity index (χ1) is 8.31. The van der Waals surface area contributed by atoms with E-state index in [-0.39, 0.29) is 22.5 Å². The largest absolute Gasteiger partial charge is 0.275 e. The molecule has 96 valence electrons. The molecule has 1 aromatic rings. The van der Waals surface area contributed by atoms with E-state index in [2.05, 4.69) is 6.07 Å². The van der Waals surface area contributed by atoms with Gasteiger partial charge in [0.05, 0.1) is 21.1 Å². The molecule has 0 aromatic heterocycles. The average molecular weight is 267 g/mol. The molecule has 0 saturated heterocycles. The highest BCUT2D eigenvalue weighted by atomic mass is 35.5. The molecule has 0 fully saturated rings. The molecule has 0 saturated carbocycles. The number of nitro groups is 1. The van der Waals surface area contributed by atoms with Crippen molar-refractivity contribution in [2.24, 2.45) is 0 Å². The number of halogens is 1. The minimum Gasteiger partial charge on any atom is -0.258 e. The number of hydrogen-bond donors (Lipinski definition) is 0. The lowest BCUT2D eigenvalue weighted by molar-refractivity contribution is -0.385. The lowest BCUT2D eigenvalue weighted by Gasteiger charge is -2.16. The van der Waals surface area contributed by atoms with E-state index in [1.54, 1.807) is 0 Å². The molecule has 5 heteroatoms. The maximum Gasteiger partial charge on any atom is 0.275 e. The van der Waals surface area contributed by atoms with Crippen LogP contribution in [-0.4, -0.2) is 4.92 Å². The van der Waals surface area contributed by atoms with E-state index in [0.29, 0.717) is 16.7 Å². The first kappa shape index (κ1) is 14.5. The lowest BCUT2D eigenvalue weighted by atomic mass is 9.88. The fourth-order valence-electron chi connectivity index (χ4n) is 2.09. The van der Waals surface area contributed by atoms with Crippen LogP contribution in [0.5, 0.6) is 0 Å². The normalized spacial score (nSPS) is 10.8. The van der Waals surface area contributed by atoms with Crippen LogP contribution in [0.25, 0.3) is 0 Å². The van der Waals surface area contributed by atoms with Gasteiger partial charge in [-0.1, -0.05) is 39.3 Å². The predicted octanol–water partition coefficient (Wildman–Crippen LogP) is 4.37. The Morgan fingerprint density at radius 3 is 2.11 bits per heavy atom. The van der Waals surface area contributed by atoms with Crippen molar-refractivity contribution in [3.05, 3.63) is 37.9 Å². The van der Waals surface area contributed by atoms with Crippen molar-refractivity contribution >= 4 is 17.3 Å². The van der Waals surface area contributed by atoms with Crippen molar-refractivity contribution in [1.29, 1.82) is 5.26 Å². The maximum atomic E-state index is 11.1. The molecule has 1 rings (SSSR count). The lowest BCUT2D eigenvalue weighted by Crippen LogP contribution is -2.06. The third-order valence-corrected chi connectivity index (χ3v) is 3.11. The quantitative estimate of drug-likeness (QED) is 0.603. The first-order valence-corrected chi connectivity index (χ1v) is 6.09. The smallest absolute Gasteiger partial charge is 0.258 e. The van der Waals surface area contributed by atoms with Crippen molar-refractivity contribution in [2.45, 2.75) is 39.5 Å². The molecule has 0 aliphatic heterocycles. The van der Waals surface area contributed by atoms with E-state index in [0.717, 1.165) is 0 Å². The van der Waals surface area contributed by atoms with Gasteiger partial charge in [0.25, 0.3) is 5.69 Å². The van der Waals surface area contributed by atoms with Gasteiger partial charge in [-0.2, -0.15) is 5.26 Å². The van der Waals surface area contributed by atoms with E-state index in [9.17, 15) is 15.4 Å². The molecule has 0 radical (unpaired) electrons. The van der Waals surface area contributed by atoms with E-state index in [4.69, 9.17) is 11.6 Å². The molecule has 0 heterocycles. The van der Waals surface area contributed by atoms with Crippen LogP contribution in [0.2, 0.25) is 5.02 Å². The molecule has 0 bridgehead atoms. The maximum absolute atomic E-state index is 11.1. The van der Waals surface area contributed by atoms with Crippen molar-refractivity contribution in [3.63, 3.8) is 0 Å². The second kappa shape index (κ2) is 5.36. The Labute approximate surface area is 111 Å². The van der Waals surface area contributed by atoms with Gasteiger partial charge in [-0.05, 0) is 17.4 Å². The van der Waals surface area contributed by atoms with Gasteiger partial charge in [-0.25, -0.2) is 0 Å². The second-order valence-electron chi connectivity index (χ2n) is 4.76. The minimum atomic E-state index is -0.480. The van der Waals surface area contributed by atoms with Crippen molar-refractivity contribution in [3.8, 4) is 6.07 Å². The molecule has 0 atom stereocenters. The van der Waals surface area contributed by atoms with Crippen molar-refractivity contribution in [1.82, 2.24) is 0 Å². The Kier molecular flexibility index (Phi) is 4.31. The highest BCUT2D eigenvalue weighted by Crippen LogP contribution is 2.39. The molecule has 0 N–H and O–H groups in total. The molecule has 0 aliphatic carbocycles. The fraction of sp³-hybridized carbons (Fsp3) is 0.462. The zero-order valence-corrected chi connectivity index (χ0v) is 11.6. The van der Waals surface area contributed by atoms with Gasteiger partial charge in [0.15, 0.2) is 0 Å². The highest BCUT2D eigenvalue weighted by molar-refractivity contribution is 6.31. The minimum absolute atomic E-state index is 0.0467. The summed E-state index contributed by atoms with van der Waals surface area (Å²) in [5, 5.41) is 20.7. The summed E-state index contributed by atoms with van der Waals surface area (Å²) in [4.78, 5) is 10.6. The van der Waals surface area contributed by atoms with Crippen LogP contribution in [-0.2, 0) is 0 Å². The SMILES string of the molecule is CC(C)c1c(Cl)cc([N+](=O)[O-])c(C(C)C)c1C#N. The van der Waals surface area contributed by atoms with Crippen LogP contribution in [0.15, 0.2) is 6.07 Å². The molecule has 1 aromatic carbocycles. The molecule has 0 spiro atoms.